The Morgan fingerprint density at radius 2 is 1.84 bits per heavy atom. The molecular weight excluding hydrogens is 368 g/mol. The molecule has 0 spiro atoms. The van der Waals surface area contributed by atoms with Gasteiger partial charge in [0.05, 0.1) is 23.1 Å². The molecule has 0 radical (unpaired) electrons. The van der Waals surface area contributed by atoms with Crippen molar-refractivity contribution in [3.05, 3.63) is 23.8 Å². The van der Waals surface area contributed by atoms with E-state index in [-0.39, 0.29) is 41.1 Å². The average Bonchev–Trinajstić information content (AvgIpc) is 2.45. The maximum Gasteiger partial charge on any atom is 0.338 e. The molecule has 1 rings (SSSR count). The number of esters is 1. The van der Waals surface area contributed by atoms with Gasteiger partial charge >= 0.3 is 5.97 Å². The molecular formula is C16H25ClN2O5S. The molecule has 25 heavy (non-hydrogen) atoms. The number of amides is 1. The minimum Gasteiger partial charge on any atom is -0.462 e. The van der Waals surface area contributed by atoms with Crippen molar-refractivity contribution in [3.8, 4) is 0 Å². The minimum absolute atomic E-state index is 0. The Labute approximate surface area is 154 Å². The monoisotopic (exact) mass is 392 g/mol. The van der Waals surface area contributed by atoms with Gasteiger partial charge in [0.2, 0.25) is 5.91 Å². The molecule has 3 N–H and O–H groups in total. The molecule has 1 amide bonds. The number of carbonyl (C=O) groups excluding carboxylic acids is 2. The second-order valence-corrected chi connectivity index (χ2v) is 7.98. The number of halogens is 1. The predicted molar refractivity (Wildman–Crippen MR) is 98.8 cm³/mol. The highest BCUT2D eigenvalue weighted by Gasteiger charge is 2.19. The number of anilines is 1. The topological polar surface area (TPSA) is 116 Å². The van der Waals surface area contributed by atoms with Crippen LogP contribution >= 0.6 is 12.4 Å². The van der Waals surface area contributed by atoms with Crippen molar-refractivity contribution in [2.75, 3.05) is 18.2 Å². The smallest absolute Gasteiger partial charge is 0.338 e. The molecule has 0 fully saturated rings. The lowest BCUT2D eigenvalue weighted by Crippen LogP contribution is -2.36. The van der Waals surface area contributed by atoms with Crippen LogP contribution in [0.4, 0.5) is 5.69 Å². The molecule has 1 aromatic rings. The van der Waals surface area contributed by atoms with Gasteiger partial charge in [-0.05, 0) is 37.5 Å². The van der Waals surface area contributed by atoms with Crippen molar-refractivity contribution < 1.29 is 22.7 Å². The number of sulfone groups is 1. The number of ether oxygens (including phenoxy) is 1. The van der Waals surface area contributed by atoms with Crippen LogP contribution in [-0.2, 0) is 19.4 Å². The van der Waals surface area contributed by atoms with Crippen LogP contribution in [0.5, 0.6) is 0 Å². The third kappa shape index (κ3) is 7.41. The zero-order valence-electron chi connectivity index (χ0n) is 14.7. The van der Waals surface area contributed by atoms with E-state index in [0.29, 0.717) is 6.42 Å². The fraction of sp³-hybridized carbons (Fsp3) is 0.500. The van der Waals surface area contributed by atoms with E-state index < -0.39 is 27.8 Å². The Morgan fingerprint density at radius 3 is 2.32 bits per heavy atom. The summed E-state index contributed by atoms with van der Waals surface area (Å²) >= 11 is 0. The molecule has 0 aliphatic rings. The van der Waals surface area contributed by atoms with Gasteiger partial charge in [0, 0.05) is 11.9 Å². The second-order valence-electron chi connectivity index (χ2n) is 5.96. The molecule has 7 nitrogen and oxygen atoms in total. The van der Waals surface area contributed by atoms with E-state index >= 15 is 0 Å². The van der Waals surface area contributed by atoms with Gasteiger partial charge in [-0.1, -0.05) is 13.8 Å². The first-order chi connectivity index (χ1) is 11.0. The lowest BCUT2D eigenvalue weighted by atomic mass is 10.0. The lowest BCUT2D eigenvalue weighted by Gasteiger charge is -2.15. The summed E-state index contributed by atoms with van der Waals surface area (Å²) in [6.45, 7) is 5.68. The molecule has 0 heterocycles. The number of nitrogens with one attached hydrogen (secondary N) is 1. The first-order valence-electron chi connectivity index (χ1n) is 7.63. The van der Waals surface area contributed by atoms with Crippen LogP contribution < -0.4 is 11.1 Å². The normalized spacial score (nSPS) is 12.2. The Hall–Kier alpha value is -1.64. The Balaban J connectivity index is 0.00000576. The SMILES string of the molecule is CCOC(=O)c1cc(NC(=O)[C@@H](N)CC(C)C)cc(S(C)(=O)=O)c1.Cl. The van der Waals surface area contributed by atoms with Crippen molar-refractivity contribution in [3.63, 3.8) is 0 Å². The van der Waals surface area contributed by atoms with E-state index in [0.717, 1.165) is 6.26 Å². The Bertz CT molecular complexity index is 719. The molecule has 142 valence electrons. The summed E-state index contributed by atoms with van der Waals surface area (Å²) < 4.78 is 28.5. The number of nitrogens with two attached hydrogens (primary N) is 1. The number of benzene rings is 1. The van der Waals surface area contributed by atoms with Crippen molar-refractivity contribution >= 4 is 39.8 Å². The van der Waals surface area contributed by atoms with Crippen LogP contribution in [-0.4, -0.2) is 39.2 Å². The van der Waals surface area contributed by atoms with Gasteiger partial charge in [-0.3, -0.25) is 4.79 Å². The van der Waals surface area contributed by atoms with Gasteiger partial charge in [0.1, 0.15) is 0 Å². The van der Waals surface area contributed by atoms with Gasteiger partial charge in [0.25, 0.3) is 0 Å². The molecule has 1 aromatic carbocycles. The van der Waals surface area contributed by atoms with E-state index in [9.17, 15) is 18.0 Å². The highest BCUT2D eigenvalue weighted by Crippen LogP contribution is 2.20. The van der Waals surface area contributed by atoms with Crippen molar-refractivity contribution in [2.24, 2.45) is 11.7 Å². The van der Waals surface area contributed by atoms with Gasteiger partial charge in [-0.15, -0.1) is 12.4 Å². The second kappa shape index (κ2) is 9.74. The zero-order chi connectivity index (χ0) is 18.5. The van der Waals surface area contributed by atoms with Crippen LogP contribution in [0.15, 0.2) is 23.1 Å². The van der Waals surface area contributed by atoms with E-state index in [1.807, 2.05) is 13.8 Å². The molecule has 9 heteroatoms. The standard InChI is InChI=1S/C16H24N2O5S.ClH/c1-5-23-16(20)11-7-12(9-13(8-11)24(4,21)22)18-15(19)14(17)6-10(2)3;/h7-10,14H,5-6,17H2,1-4H3,(H,18,19);1H/t14-;/m0./s1. The molecule has 0 bridgehead atoms. The molecule has 0 aromatic heterocycles. The van der Waals surface area contributed by atoms with Gasteiger partial charge in [0.15, 0.2) is 9.84 Å². The summed E-state index contributed by atoms with van der Waals surface area (Å²) in [4.78, 5) is 23.9. The molecule has 1 atom stereocenters. The zero-order valence-corrected chi connectivity index (χ0v) is 16.4. The third-order valence-corrected chi connectivity index (χ3v) is 4.27. The first-order valence-corrected chi connectivity index (χ1v) is 9.52. The van der Waals surface area contributed by atoms with E-state index in [1.165, 1.54) is 18.2 Å². The number of hydrogen-bond donors (Lipinski definition) is 2. The molecule has 0 unspecified atom stereocenters. The van der Waals surface area contributed by atoms with Gasteiger partial charge in [-0.25, -0.2) is 13.2 Å². The highest BCUT2D eigenvalue weighted by atomic mass is 35.5. The average molecular weight is 393 g/mol. The Morgan fingerprint density at radius 1 is 1.24 bits per heavy atom. The predicted octanol–water partition coefficient (Wildman–Crippen LogP) is 2.00. The number of carbonyl (C=O) groups is 2. The molecule has 0 saturated carbocycles. The molecule has 0 aliphatic carbocycles. The van der Waals surface area contributed by atoms with Crippen molar-refractivity contribution in [1.82, 2.24) is 0 Å². The Kier molecular flexibility index (Phi) is 9.10. The fourth-order valence-electron chi connectivity index (χ4n) is 2.07. The minimum atomic E-state index is -3.56. The van der Waals surface area contributed by atoms with Crippen LogP contribution in [0.3, 0.4) is 0 Å². The fourth-order valence-corrected chi connectivity index (χ4v) is 2.75. The lowest BCUT2D eigenvalue weighted by molar-refractivity contribution is -0.117. The van der Waals surface area contributed by atoms with Gasteiger partial charge in [-0.2, -0.15) is 0 Å². The number of rotatable bonds is 7. The largest absolute Gasteiger partial charge is 0.462 e. The van der Waals surface area contributed by atoms with Crippen molar-refractivity contribution in [1.29, 1.82) is 0 Å². The van der Waals surface area contributed by atoms with Crippen LogP contribution in [0.1, 0.15) is 37.6 Å². The van der Waals surface area contributed by atoms with E-state index in [4.69, 9.17) is 10.5 Å². The third-order valence-electron chi connectivity index (χ3n) is 3.18. The maximum atomic E-state index is 12.1. The number of hydrogen-bond acceptors (Lipinski definition) is 6. The van der Waals surface area contributed by atoms with Crippen LogP contribution in [0, 0.1) is 5.92 Å². The first kappa shape index (κ1) is 23.4. The van der Waals surface area contributed by atoms with E-state index in [1.54, 1.807) is 6.92 Å². The summed E-state index contributed by atoms with van der Waals surface area (Å²) in [6.07, 6.45) is 1.51. The summed E-state index contributed by atoms with van der Waals surface area (Å²) in [5.74, 6) is -0.864. The summed E-state index contributed by atoms with van der Waals surface area (Å²) in [5.41, 5.74) is 6.05. The van der Waals surface area contributed by atoms with Crippen molar-refractivity contribution in [2.45, 2.75) is 38.1 Å². The summed E-state index contributed by atoms with van der Waals surface area (Å²) in [6, 6.07) is 3.15. The molecule has 0 aliphatic heterocycles. The quantitative estimate of drug-likeness (QED) is 0.685. The summed E-state index contributed by atoms with van der Waals surface area (Å²) in [7, 11) is -3.56. The van der Waals surface area contributed by atoms with E-state index in [2.05, 4.69) is 5.32 Å². The van der Waals surface area contributed by atoms with Crippen LogP contribution in [0.2, 0.25) is 0 Å². The summed E-state index contributed by atoms with van der Waals surface area (Å²) in [5, 5.41) is 2.56. The van der Waals surface area contributed by atoms with Crippen LogP contribution in [0.25, 0.3) is 0 Å². The maximum absolute atomic E-state index is 12.1. The van der Waals surface area contributed by atoms with Gasteiger partial charge < -0.3 is 15.8 Å². The molecule has 0 saturated heterocycles. The highest BCUT2D eigenvalue weighted by molar-refractivity contribution is 7.90.